The van der Waals surface area contributed by atoms with Crippen molar-refractivity contribution in [1.82, 2.24) is 8.61 Å². The minimum absolute atomic E-state index is 0.0409. The molecule has 0 saturated carbocycles. The third-order valence-corrected chi connectivity index (χ3v) is 5.35. The third kappa shape index (κ3) is 3.64. The Kier molecular flexibility index (Phi) is 5.37. The Morgan fingerprint density at radius 2 is 2.12 bits per heavy atom. The van der Waals surface area contributed by atoms with Crippen LogP contribution in [0.25, 0.3) is 0 Å². The molecule has 1 unspecified atom stereocenters. The summed E-state index contributed by atoms with van der Waals surface area (Å²) in [6, 6.07) is -0.0409. The highest BCUT2D eigenvalue weighted by atomic mass is 32.2. The van der Waals surface area contributed by atoms with Crippen LogP contribution in [0.1, 0.15) is 33.6 Å². The van der Waals surface area contributed by atoms with Crippen molar-refractivity contribution in [3.8, 4) is 0 Å². The van der Waals surface area contributed by atoms with Crippen LogP contribution in [0, 0.1) is 5.92 Å². The van der Waals surface area contributed by atoms with E-state index in [0.717, 1.165) is 12.8 Å². The molecular formula is C11H25N3O2S. The summed E-state index contributed by atoms with van der Waals surface area (Å²) >= 11 is 0. The standard InChI is InChI=1S/C11H25N3O2S/c1-10(2)14(8-6-12)17(15,16)13-7-4-5-11(3)9-13/h10-11H,4-9,12H2,1-3H3. The van der Waals surface area contributed by atoms with E-state index in [-0.39, 0.29) is 6.04 Å². The Hall–Kier alpha value is -0.170. The fourth-order valence-electron chi connectivity index (χ4n) is 2.27. The molecule has 1 fully saturated rings. The highest BCUT2D eigenvalue weighted by Gasteiger charge is 2.33. The summed E-state index contributed by atoms with van der Waals surface area (Å²) in [6.45, 7) is 7.91. The fraction of sp³-hybridized carbons (Fsp3) is 1.00. The smallest absolute Gasteiger partial charge is 0.282 e. The van der Waals surface area contributed by atoms with Gasteiger partial charge in [0.2, 0.25) is 0 Å². The van der Waals surface area contributed by atoms with Crippen LogP contribution in [-0.4, -0.2) is 49.2 Å². The molecule has 2 N–H and O–H groups in total. The van der Waals surface area contributed by atoms with Crippen molar-refractivity contribution in [2.45, 2.75) is 39.7 Å². The van der Waals surface area contributed by atoms with E-state index in [4.69, 9.17) is 5.73 Å². The molecule has 0 aliphatic carbocycles. The molecule has 0 amide bonds. The topological polar surface area (TPSA) is 66.6 Å². The first kappa shape index (κ1) is 14.9. The second kappa shape index (κ2) is 6.13. The molecule has 6 heteroatoms. The number of nitrogens with two attached hydrogens (primary N) is 1. The molecule has 1 atom stereocenters. The third-order valence-electron chi connectivity index (χ3n) is 3.17. The van der Waals surface area contributed by atoms with E-state index in [2.05, 4.69) is 6.92 Å². The van der Waals surface area contributed by atoms with Gasteiger partial charge in [-0.25, -0.2) is 0 Å². The summed E-state index contributed by atoms with van der Waals surface area (Å²) in [5.41, 5.74) is 5.50. The van der Waals surface area contributed by atoms with Gasteiger partial charge in [0.05, 0.1) is 0 Å². The quantitative estimate of drug-likeness (QED) is 0.791. The van der Waals surface area contributed by atoms with Crippen molar-refractivity contribution in [2.75, 3.05) is 26.2 Å². The zero-order chi connectivity index (χ0) is 13.1. The van der Waals surface area contributed by atoms with E-state index in [1.807, 2.05) is 13.8 Å². The lowest BCUT2D eigenvalue weighted by atomic mass is 10.0. The van der Waals surface area contributed by atoms with Gasteiger partial charge in [-0.3, -0.25) is 0 Å². The summed E-state index contributed by atoms with van der Waals surface area (Å²) in [5.74, 6) is 0.449. The van der Waals surface area contributed by atoms with Crippen LogP contribution in [0.15, 0.2) is 0 Å². The molecule has 0 aromatic heterocycles. The predicted octanol–water partition coefficient (Wildman–Crippen LogP) is 0.632. The SMILES string of the molecule is CC1CCCN(S(=O)(=O)N(CCN)C(C)C)C1. The molecule has 0 bridgehead atoms. The molecule has 102 valence electrons. The van der Waals surface area contributed by atoms with Crippen LogP contribution < -0.4 is 5.73 Å². The van der Waals surface area contributed by atoms with Crippen molar-refractivity contribution in [3.63, 3.8) is 0 Å². The largest absolute Gasteiger partial charge is 0.329 e. The highest BCUT2D eigenvalue weighted by Crippen LogP contribution is 2.21. The van der Waals surface area contributed by atoms with Crippen molar-refractivity contribution in [2.24, 2.45) is 11.7 Å². The van der Waals surface area contributed by atoms with Crippen molar-refractivity contribution < 1.29 is 8.42 Å². The average Bonchev–Trinajstić information content (AvgIpc) is 2.25. The molecule has 1 aliphatic rings. The van der Waals surface area contributed by atoms with Gasteiger partial charge in [0.15, 0.2) is 0 Å². The van der Waals surface area contributed by atoms with Crippen LogP contribution in [0.2, 0.25) is 0 Å². The Bertz CT molecular complexity index is 330. The van der Waals surface area contributed by atoms with E-state index in [1.54, 1.807) is 4.31 Å². The molecular weight excluding hydrogens is 238 g/mol. The molecule has 1 rings (SSSR count). The molecule has 1 saturated heterocycles. The van der Waals surface area contributed by atoms with Crippen LogP contribution in [0.5, 0.6) is 0 Å². The predicted molar refractivity (Wildman–Crippen MR) is 69.8 cm³/mol. The molecule has 17 heavy (non-hydrogen) atoms. The van der Waals surface area contributed by atoms with Crippen LogP contribution in [0.4, 0.5) is 0 Å². The van der Waals surface area contributed by atoms with Gasteiger partial charge < -0.3 is 5.73 Å². The van der Waals surface area contributed by atoms with E-state index in [9.17, 15) is 8.42 Å². The Morgan fingerprint density at radius 1 is 1.47 bits per heavy atom. The molecule has 1 aliphatic heterocycles. The average molecular weight is 263 g/mol. The number of hydrogen-bond donors (Lipinski definition) is 1. The summed E-state index contributed by atoms with van der Waals surface area (Å²) in [5, 5.41) is 0. The molecule has 0 aromatic rings. The number of rotatable bonds is 5. The van der Waals surface area contributed by atoms with Gasteiger partial charge in [0, 0.05) is 32.2 Å². The van der Waals surface area contributed by atoms with Gasteiger partial charge >= 0.3 is 0 Å². The number of piperidine rings is 1. The maximum Gasteiger partial charge on any atom is 0.282 e. The lowest BCUT2D eigenvalue weighted by molar-refractivity contribution is 0.248. The minimum Gasteiger partial charge on any atom is -0.329 e. The van der Waals surface area contributed by atoms with Crippen molar-refractivity contribution in [1.29, 1.82) is 0 Å². The molecule has 1 heterocycles. The Labute approximate surface area is 105 Å². The van der Waals surface area contributed by atoms with Crippen molar-refractivity contribution in [3.05, 3.63) is 0 Å². The van der Waals surface area contributed by atoms with Crippen LogP contribution in [0.3, 0.4) is 0 Å². The van der Waals surface area contributed by atoms with Gasteiger partial charge in [0.1, 0.15) is 0 Å². The zero-order valence-electron chi connectivity index (χ0n) is 11.1. The summed E-state index contributed by atoms with van der Waals surface area (Å²) in [6.07, 6.45) is 2.07. The maximum absolute atomic E-state index is 12.5. The first-order valence-electron chi connectivity index (χ1n) is 6.36. The minimum atomic E-state index is -3.33. The van der Waals surface area contributed by atoms with Gasteiger partial charge in [-0.2, -0.15) is 17.0 Å². The fourth-order valence-corrected chi connectivity index (χ4v) is 4.24. The van der Waals surface area contributed by atoms with Crippen LogP contribution >= 0.6 is 0 Å². The number of hydrogen-bond acceptors (Lipinski definition) is 3. The normalized spacial score (nSPS) is 23.5. The van der Waals surface area contributed by atoms with Gasteiger partial charge in [-0.15, -0.1) is 0 Å². The first-order valence-corrected chi connectivity index (χ1v) is 7.76. The van der Waals surface area contributed by atoms with E-state index in [1.165, 1.54) is 4.31 Å². The summed E-state index contributed by atoms with van der Waals surface area (Å²) < 4.78 is 28.0. The monoisotopic (exact) mass is 263 g/mol. The van der Waals surface area contributed by atoms with Gasteiger partial charge in [0.25, 0.3) is 10.2 Å². The summed E-state index contributed by atoms with van der Waals surface area (Å²) in [7, 11) is -3.33. The molecule has 0 spiro atoms. The Morgan fingerprint density at radius 3 is 2.59 bits per heavy atom. The van der Waals surface area contributed by atoms with E-state index >= 15 is 0 Å². The van der Waals surface area contributed by atoms with E-state index in [0.29, 0.717) is 32.1 Å². The Balaban J connectivity index is 2.83. The second-order valence-corrected chi connectivity index (χ2v) is 6.99. The zero-order valence-corrected chi connectivity index (χ0v) is 11.9. The number of nitrogens with zero attached hydrogens (tertiary/aromatic N) is 2. The van der Waals surface area contributed by atoms with Gasteiger partial charge in [-0.1, -0.05) is 6.92 Å². The molecule has 0 aromatic carbocycles. The highest BCUT2D eigenvalue weighted by molar-refractivity contribution is 7.86. The summed E-state index contributed by atoms with van der Waals surface area (Å²) in [4.78, 5) is 0. The first-order chi connectivity index (χ1) is 7.89. The van der Waals surface area contributed by atoms with Crippen LogP contribution in [-0.2, 0) is 10.2 Å². The van der Waals surface area contributed by atoms with Crippen molar-refractivity contribution >= 4 is 10.2 Å². The molecule has 5 nitrogen and oxygen atoms in total. The maximum atomic E-state index is 12.5. The van der Waals surface area contributed by atoms with E-state index < -0.39 is 10.2 Å². The van der Waals surface area contributed by atoms with Gasteiger partial charge in [-0.05, 0) is 32.6 Å². The molecule has 0 radical (unpaired) electrons. The second-order valence-electron chi connectivity index (χ2n) is 5.11. The lowest BCUT2D eigenvalue weighted by Crippen LogP contribution is -2.51. The lowest BCUT2D eigenvalue weighted by Gasteiger charge is -2.36.